The topological polar surface area (TPSA) is 88.2 Å². The summed E-state index contributed by atoms with van der Waals surface area (Å²) in [5, 5.41) is 2.72. The smallest absolute Gasteiger partial charge is 0.261 e. The molecule has 0 bridgehead atoms. The predicted octanol–water partition coefficient (Wildman–Crippen LogP) is 3.85. The molecule has 0 aliphatic heterocycles. The van der Waals surface area contributed by atoms with Crippen LogP contribution in [0.2, 0.25) is 5.02 Å². The molecule has 2 N–H and O–H groups in total. The molecule has 130 valence electrons. The van der Waals surface area contributed by atoms with Crippen molar-refractivity contribution >= 4 is 59.9 Å². The van der Waals surface area contributed by atoms with Crippen LogP contribution in [0.25, 0.3) is 10.2 Å². The molecule has 0 unspecified atom stereocenters. The second-order valence-corrected chi connectivity index (χ2v) is 8.18. The summed E-state index contributed by atoms with van der Waals surface area (Å²) in [4.78, 5) is 15.1. The van der Waals surface area contributed by atoms with Crippen molar-refractivity contribution in [1.29, 1.82) is 0 Å². The summed E-state index contributed by atoms with van der Waals surface area (Å²) in [5.41, 5.74) is 0.818. The van der Waals surface area contributed by atoms with E-state index in [2.05, 4.69) is 15.0 Å². The van der Waals surface area contributed by atoms with Crippen LogP contribution < -0.4 is 10.0 Å². The molecule has 1 heterocycles. The van der Waals surface area contributed by atoms with Crippen molar-refractivity contribution in [2.45, 2.75) is 11.8 Å². The highest BCUT2D eigenvalue weighted by atomic mass is 35.5. The zero-order chi connectivity index (χ0) is 18.2. The van der Waals surface area contributed by atoms with E-state index >= 15 is 0 Å². The Morgan fingerprint density at radius 1 is 1.24 bits per heavy atom. The Bertz CT molecular complexity index is 1080. The Morgan fingerprint density at radius 3 is 2.68 bits per heavy atom. The molecule has 3 rings (SSSR count). The second kappa shape index (κ2) is 6.58. The molecule has 25 heavy (non-hydrogen) atoms. The van der Waals surface area contributed by atoms with Gasteiger partial charge in [-0.05, 0) is 36.4 Å². The number of benzene rings is 2. The Labute approximate surface area is 151 Å². The third-order valence-corrected chi connectivity index (χ3v) is 5.74. The van der Waals surface area contributed by atoms with E-state index in [1.54, 1.807) is 18.2 Å². The number of amides is 1. The van der Waals surface area contributed by atoms with Crippen LogP contribution in [0.15, 0.2) is 41.3 Å². The number of rotatable bonds is 4. The number of fused-ring (bicyclic) bond motifs is 1. The standard InChI is InChI=1S/C15H11ClFN3O3S2/c1-8(21)18-15-19-13-6-9(2-5-14(13)24-15)20-25(22,23)10-3-4-12(17)11(16)7-10/h2-7,20H,1H3,(H,18,19,21). The highest BCUT2D eigenvalue weighted by Gasteiger charge is 2.17. The van der Waals surface area contributed by atoms with Crippen LogP contribution in [0, 0.1) is 5.82 Å². The molecule has 0 saturated heterocycles. The van der Waals surface area contributed by atoms with Crippen molar-refractivity contribution in [2.24, 2.45) is 0 Å². The van der Waals surface area contributed by atoms with E-state index in [1.165, 1.54) is 18.3 Å². The first-order valence-electron chi connectivity index (χ1n) is 6.91. The molecule has 6 nitrogen and oxygen atoms in total. The van der Waals surface area contributed by atoms with Gasteiger partial charge in [-0.1, -0.05) is 22.9 Å². The Kier molecular flexibility index (Phi) is 4.63. The van der Waals surface area contributed by atoms with Gasteiger partial charge in [-0.3, -0.25) is 9.52 Å². The van der Waals surface area contributed by atoms with Gasteiger partial charge in [-0.2, -0.15) is 0 Å². The van der Waals surface area contributed by atoms with Crippen LogP contribution in [0.3, 0.4) is 0 Å². The highest BCUT2D eigenvalue weighted by molar-refractivity contribution is 7.92. The van der Waals surface area contributed by atoms with Crippen LogP contribution in [0.4, 0.5) is 15.2 Å². The highest BCUT2D eigenvalue weighted by Crippen LogP contribution is 2.29. The minimum Gasteiger partial charge on any atom is -0.302 e. The number of thiazole rings is 1. The van der Waals surface area contributed by atoms with Gasteiger partial charge >= 0.3 is 0 Å². The second-order valence-electron chi connectivity index (χ2n) is 5.06. The number of hydrogen-bond donors (Lipinski definition) is 2. The van der Waals surface area contributed by atoms with E-state index in [-0.39, 0.29) is 21.5 Å². The lowest BCUT2D eigenvalue weighted by molar-refractivity contribution is -0.114. The molecule has 3 aromatic rings. The Morgan fingerprint density at radius 2 is 2.00 bits per heavy atom. The largest absolute Gasteiger partial charge is 0.302 e. The quantitative estimate of drug-likeness (QED) is 0.697. The van der Waals surface area contributed by atoms with Crippen molar-refractivity contribution in [3.05, 3.63) is 47.2 Å². The molecule has 0 radical (unpaired) electrons. The maximum Gasteiger partial charge on any atom is 0.261 e. The molecule has 2 aromatic carbocycles. The average molecular weight is 400 g/mol. The Hall–Kier alpha value is -2.23. The summed E-state index contributed by atoms with van der Waals surface area (Å²) in [7, 11) is -3.93. The molecule has 0 atom stereocenters. The molecule has 0 aliphatic rings. The average Bonchev–Trinajstić information content (AvgIpc) is 2.90. The Balaban J connectivity index is 1.90. The molecule has 0 aliphatic carbocycles. The summed E-state index contributed by atoms with van der Waals surface area (Å²) in [5.74, 6) is -0.941. The first kappa shape index (κ1) is 17.6. The monoisotopic (exact) mass is 399 g/mol. The SMILES string of the molecule is CC(=O)Nc1nc2cc(NS(=O)(=O)c3ccc(F)c(Cl)c3)ccc2s1. The summed E-state index contributed by atoms with van der Waals surface area (Å²) in [6.45, 7) is 1.37. The number of nitrogens with one attached hydrogen (secondary N) is 2. The van der Waals surface area contributed by atoms with Gasteiger partial charge in [0.1, 0.15) is 5.82 Å². The maximum absolute atomic E-state index is 13.2. The molecule has 0 spiro atoms. The lowest BCUT2D eigenvalue weighted by Crippen LogP contribution is -2.13. The predicted molar refractivity (Wildman–Crippen MR) is 96.1 cm³/mol. The molecular weight excluding hydrogens is 389 g/mol. The number of halogens is 2. The molecule has 1 amide bonds. The van der Waals surface area contributed by atoms with Gasteiger partial charge in [0, 0.05) is 6.92 Å². The fourth-order valence-electron chi connectivity index (χ4n) is 2.05. The van der Waals surface area contributed by atoms with Gasteiger partial charge in [0.25, 0.3) is 10.0 Å². The lowest BCUT2D eigenvalue weighted by Gasteiger charge is -2.08. The van der Waals surface area contributed by atoms with E-state index in [9.17, 15) is 17.6 Å². The molecule has 10 heteroatoms. The van der Waals surface area contributed by atoms with Crippen LogP contribution in [0.5, 0.6) is 0 Å². The van der Waals surface area contributed by atoms with Crippen LogP contribution in [0.1, 0.15) is 6.92 Å². The zero-order valence-electron chi connectivity index (χ0n) is 12.7. The van der Waals surface area contributed by atoms with Crippen molar-refractivity contribution < 1.29 is 17.6 Å². The fraction of sp³-hybridized carbons (Fsp3) is 0.0667. The van der Waals surface area contributed by atoms with E-state index in [0.29, 0.717) is 10.6 Å². The third kappa shape index (κ3) is 3.89. The first-order valence-corrected chi connectivity index (χ1v) is 9.58. The molecule has 0 saturated carbocycles. The number of anilines is 2. The summed E-state index contributed by atoms with van der Waals surface area (Å²) >= 11 is 6.91. The van der Waals surface area contributed by atoms with Gasteiger partial charge in [0.05, 0.1) is 25.8 Å². The van der Waals surface area contributed by atoms with E-state index < -0.39 is 15.8 Å². The van der Waals surface area contributed by atoms with Crippen LogP contribution in [-0.4, -0.2) is 19.3 Å². The van der Waals surface area contributed by atoms with E-state index in [1.807, 2.05) is 0 Å². The molecule has 1 aromatic heterocycles. The van der Waals surface area contributed by atoms with Crippen molar-refractivity contribution in [2.75, 3.05) is 10.0 Å². The van der Waals surface area contributed by atoms with Crippen molar-refractivity contribution in [3.8, 4) is 0 Å². The fourth-order valence-corrected chi connectivity index (χ4v) is 4.27. The number of hydrogen-bond acceptors (Lipinski definition) is 5. The zero-order valence-corrected chi connectivity index (χ0v) is 15.1. The van der Waals surface area contributed by atoms with E-state index in [4.69, 9.17) is 11.6 Å². The van der Waals surface area contributed by atoms with Gasteiger partial charge in [0.2, 0.25) is 5.91 Å². The van der Waals surface area contributed by atoms with Crippen LogP contribution >= 0.6 is 22.9 Å². The molecular formula is C15H11ClFN3O3S2. The minimum absolute atomic E-state index is 0.156. The van der Waals surface area contributed by atoms with Crippen LogP contribution in [-0.2, 0) is 14.8 Å². The third-order valence-electron chi connectivity index (χ3n) is 3.12. The minimum atomic E-state index is -3.93. The van der Waals surface area contributed by atoms with Gasteiger partial charge in [-0.15, -0.1) is 0 Å². The van der Waals surface area contributed by atoms with Gasteiger partial charge in [0.15, 0.2) is 5.13 Å². The molecule has 0 fully saturated rings. The van der Waals surface area contributed by atoms with E-state index in [0.717, 1.165) is 22.9 Å². The number of aromatic nitrogens is 1. The van der Waals surface area contributed by atoms with Gasteiger partial charge in [-0.25, -0.2) is 17.8 Å². The number of carbonyl (C=O) groups is 1. The summed E-state index contributed by atoms with van der Waals surface area (Å²) < 4.78 is 41.1. The first-order chi connectivity index (χ1) is 11.7. The maximum atomic E-state index is 13.2. The lowest BCUT2D eigenvalue weighted by atomic mass is 10.3. The van der Waals surface area contributed by atoms with Crippen molar-refractivity contribution in [3.63, 3.8) is 0 Å². The van der Waals surface area contributed by atoms with Crippen molar-refractivity contribution in [1.82, 2.24) is 4.98 Å². The number of sulfonamides is 1. The summed E-state index contributed by atoms with van der Waals surface area (Å²) in [6.07, 6.45) is 0. The normalized spacial score (nSPS) is 11.5. The number of nitrogens with zero attached hydrogens (tertiary/aromatic N) is 1. The number of carbonyl (C=O) groups excluding carboxylic acids is 1. The summed E-state index contributed by atoms with van der Waals surface area (Å²) in [6, 6.07) is 7.95. The van der Waals surface area contributed by atoms with Gasteiger partial charge < -0.3 is 5.32 Å².